The van der Waals surface area contributed by atoms with Crippen LogP contribution in [0.2, 0.25) is 14.9 Å². The molecule has 1 aliphatic heterocycles. The predicted octanol–water partition coefficient (Wildman–Crippen LogP) is 3.01. The molecule has 1 nitrogen and oxygen atoms in total. The van der Waals surface area contributed by atoms with Crippen LogP contribution in [0.4, 0.5) is 0 Å². The molecule has 0 amide bonds. The van der Waals surface area contributed by atoms with Crippen molar-refractivity contribution in [2.24, 2.45) is 0 Å². The van der Waals surface area contributed by atoms with Crippen molar-refractivity contribution < 1.29 is 0 Å². The normalized spacial score (nSPS) is 18.2. The molecule has 0 aliphatic carbocycles. The number of hydrogen-bond acceptors (Lipinski definition) is 1. The topological polar surface area (TPSA) is 3.24 Å². The van der Waals surface area contributed by atoms with E-state index in [1.807, 2.05) is 0 Å². The molecule has 13 heavy (non-hydrogen) atoms. The van der Waals surface area contributed by atoms with E-state index in [4.69, 9.17) is 0 Å². The van der Waals surface area contributed by atoms with Crippen LogP contribution in [-0.4, -0.2) is 41.8 Å². The van der Waals surface area contributed by atoms with Gasteiger partial charge in [-0.15, -0.1) is 0 Å². The second-order valence-corrected chi connectivity index (χ2v) is 12.1. The van der Waals surface area contributed by atoms with Gasteiger partial charge in [-0.2, -0.15) is 0 Å². The van der Waals surface area contributed by atoms with Gasteiger partial charge in [0, 0.05) is 0 Å². The summed E-state index contributed by atoms with van der Waals surface area (Å²) in [6.45, 7) is 1.30. The molecule has 1 heterocycles. The van der Waals surface area contributed by atoms with Gasteiger partial charge in [0.1, 0.15) is 0 Å². The summed E-state index contributed by atoms with van der Waals surface area (Å²) in [5.74, 6) is 0. The van der Waals surface area contributed by atoms with Gasteiger partial charge in [-0.1, -0.05) is 0 Å². The quantitative estimate of drug-likeness (QED) is 0.527. The van der Waals surface area contributed by atoms with Gasteiger partial charge in [-0.3, -0.25) is 0 Å². The molecule has 0 aromatic carbocycles. The molecular weight excluding hydrogens is 216 g/mol. The third-order valence-corrected chi connectivity index (χ3v) is 10.9. The summed E-state index contributed by atoms with van der Waals surface area (Å²) in [4.78, 5) is 7.40. The predicted molar refractivity (Wildman–Crippen MR) is 61.8 cm³/mol. The van der Waals surface area contributed by atoms with Crippen molar-refractivity contribution in [2.75, 3.05) is 20.6 Å². The summed E-state index contributed by atoms with van der Waals surface area (Å²) in [5, 5.41) is 0. The maximum atomic E-state index is 2.31. The van der Waals surface area contributed by atoms with Crippen LogP contribution in [0.5, 0.6) is 0 Å². The van der Waals surface area contributed by atoms with Gasteiger partial charge in [0.2, 0.25) is 0 Å². The Labute approximate surface area is 88.9 Å². The van der Waals surface area contributed by atoms with Gasteiger partial charge < -0.3 is 0 Å². The van der Waals surface area contributed by atoms with Crippen molar-refractivity contribution in [1.82, 2.24) is 4.90 Å². The molecule has 0 unspecified atom stereocenters. The standard InChI is InChI=1S/C6H14N.C5H10.Ga/c1-4-5-6-7(2)3;1-3-5-4-2;/h1,4-6H2,2-3H3;1-5H2;. The van der Waals surface area contributed by atoms with Crippen LogP contribution in [0, 0.1) is 0 Å². The first kappa shape index (κ1) is 11.7. The van der Waals surface area contributed by atoms with E-state index in [-0.39, 0.29) is 0 Å². The van der Waals surface area contributed by atoms with E-state index >= 15 is 0 Å². The van der Waals surface area contributed by atoms with Crippen molar-refractivity contribution >= 4 is 16.2 Å². The van der Waals surface area contributed by atoms with Crippen molar-refractivity contribution in [3.8, 4) is 0 Å². The summed E-state index contributed by atoms with van der Waals surface area (Å²) in [6, 6.07) is 0. The number of unbranched alkanes of at least 4 members (excludes halogenated alkanes) is 1. The fraction of sp³-hybridized carbons (Fsp3) is 1.00. The van der Waals surface area contributed by atoms with E-state index in [2.05, 4.69) is 19.0 Å². The SMILES string of the molecule is CN(C)CCC[CH2][Ga]1[CH2]CCC[CH2]1. The molecular formula is C11H24GaN. The second kappa shape index (κ2) is 6.96. The van der Waals surface area contributed by atoms with E-state index in [1.54, 1.807) is 34.2 Å². The van der Waals surface area contributed by atoms with Crippen LogP contribution in [0.1, 0.15) is 32.1 Å². The van der Waals surface area contributed by atoms with Crippen LogP contribution in [-0.2, 0) is 0 Å². The molecule has 0 radical (unpaired) electrons. The van der Waals surface area contributed by atoms with Crippen LogP contribution >= 0.6 is 0 Å². The Morgan fingerprint density at radius 2 is 1.69 bits per heavy atom. The van der Waals surface area contributed by atoms with Gasteiger partial charge in [0.25, 0.3) is 0 Å². The Balaban J connectivity index is 1.92. The Hall–Kier alpha value is 0.596. The van der Waals surface area contributed by atoms with Gasteiger partial charge in [0.05, 0.1) is 0 Å². The van der Waals surface area contributed by atoms with Crippen molar-refractivity contribution in [3.63, 3.8) is 0 Å². The maximum absolute atomic E-state index is 2.31. The number of nitrogens with zero attached hydrogens (tertiary/aromatic N) is 1. The molecule has 2 heteroatoms. The Morgan fingerprint density at radius 3 is 2.31 bits per heavy atom. The van der Waals surface area contributed by atoms with E-state index in [1.165, 1.54) is 19.4 Å². The summed E-state index contributed by atoms with van der Waals surface area (Å²) in [6.07, 6.45) is 7.67. The molecule has 0 aromatic rings. The molecule has 0 N–H and O–H groups in total. The fourth-order valence-electron chi connectivity index (χ4n) is 2.34. The van der Waals surface area contributed by atoms with Crippen LogP contribution in [0.15, 0.2) is 0 Å². The van der Waals surface area contributed by atoms with Crippen LogP contribution in [0.25, 0.3) is 0 Å². The average molecular weight is 240 g/mol. The van der Waals surface area contributed by atoms with E-state index in [0.29, 0.717) is 0 Å². The van der Waals surface area contributed by atoms with Gasteiger partial charge in [-0.05, 0) is 0 Å². The summed E-state index contributed by atoms with van der Waals surface area (Å²) >= 11 is -0.658. The average Bonchev–Trinajstić information content (AvgIpc) is 2.14. The zero-order chi connectivity index (χ0) is 9.52. The Morgan fingerprint density at radius 1 is 1.00 bits per heavy atom. The molecule has 76 valence electrons. The second-order valence-electron chi connectivity index (χ2n) is 4.80. The van der Waals surface area contributed by atoms with Crippen molar-refractivity contribution in [2.45, 2.75) is 47.0 Å². The third kappa shape index (κ3) is 5.81. The van der Waals surface area contributed by atoms with Crippen LogP contribution < -0.4 is 0 Å². The molecule has 1 fully saturated rings. The van der Waals surface area contributed by atoms with Crippen molar-refractivity contribution in [3.05, 3.63) is 0 Å². The molecule has 0 spiro atoms. The summed E-state index contributed by atoms with van der Waals surface area (Å²) in [5.41, 5.74) is 0. The zero-order valence-electron chi connectivity index (χ0n) is 9.39. The number of rotatable bonds is 5. The van der Waals surface area contributed by atoms with Gasteiger partial charge >= 0.3 is 88.8 Å². The molecule has 1 aliphatic rings. The zero-order valence-corrected chi connectivity index (χ0v) is 11.8. The van der Waals surface area contributed by atoms with E-state index in [0.717, 1.165) is 0 Å². The summed E-state index contributed by atoms with van der Waals surface area (Å²) < 4.78 is 0. The van der Waals surface area contributed by atoms with Crippen molar-refractivity contribution in [1.29, 1.82) is 0 Å². The number of hydrogen-bond donors (Lipinski definition) is 0. The molecule has 0 aromatic heterocycles. The summed E-state index contributed by atoms with van der Waals surface area (Å²) in [7, 11) is 4.37. The minimum atomic E-state index is -0.658. The fourth-order valence-corrected chi connectivity index (χ4v) is 9.60. The van der Waals surface area contributed by atoms with Crippen LogP contribution in [0.3, 0.4) is 0 Å². The minimum absolute atomic E-state index is 0.658. The Bertz CT molecular complexity index is 119. The molecule has 0 bridgehead atoms. The van der Waals surface area contributed by atoms with E-state index in [9.17, 15) is 0 Å². The first-order valence-corrected chi connectivity index (χ1v) is 11.1. The van der Waals surface area contributed by atoms with Gasteiger partial charge in [-0.25, -0.2) is 0 Å². The third-order valence-electron chi connectivity index (χ3n) is 3.19. The first-order valence-electron chi connectivity index (χ1n) is 5.94. The molecule has 1 rings (SSSR count). The Kier molecular flexibility index (Phi) is 6.25. The molecule has 0 atom stereocenters. The monoisotopic (exact) mass is 239 g/mol. The first-order chi connectivity index (χ1) is 6.29. The molecule has 1 saturated heterocycles. The van der Waals surface area contributed by atoms with Gasteiger partial charge in [0.15, 0.2) is 0 Å². The van der Waals surface area contributed by atoms with E-state index < -0.39 is 16.2 Å². The molecule has 0 saturated carbocycles.